The molecular formula is C31H26ClN5O2. The number of halogens is 1. The van der Waals surface area contributed by atoms with Crippen molar-refractivity contribution in [1.29, 1.82) is 0 Å². The van der Waals surface area contributed by atoms with Crippen molar-refractivity contribution in [2.24, 2.45) is 0 Å². The Bertz CT molecular complexity index is 1780. The molecule has 3 heterocycles. The van der Waals surface area contributed by atoms with Crippen LogP contribution in [0.4, 0.5) is 0 Å². The predicted octanol–water partition coefficient (Wildman–Crippen LogP) is 6.34. The first-order chi connectivity index (χ1) is 19.1. The van der Waals surface area contributed by atoms with Gasteiger partial charge in [-0.05, 0) is 53.6 Å². The van der Waals surface area contributed by atoms with Gasteiger partial charge in [-0.2, -0.15) is 0 Å². The smallest absolute Gasteiger partial charge is 0.270 e. The van der Waals surface area contributed by atoms with Gasteiger partial charge in [0.15, 0.2) is 0 Å². The molecule has 1 amide bonds. The average molecular weight is 536 g/mol. The van der Waals surface area contributed by atoms with Crippen LogP contribution < -0.4 is 10.1 Å². The van der Waals surface area contributed by atoms with Gasteiger partial charge in [0.1, 0.15) is 17.3 Å². The Morgan fingerprint density at radius 1 is 1.05 bits per heavy atom. The van der Waals surface area contributed by atoms with Crippen LogP contribution in [0.15, 0.2) is 97.3 Å². The summed E-state index contributed by atoms with van der Waals surface area (Å²) in [5.74, 6) is 1.19. The van der Waals surface area contributed by atoms with E-state index in [1.807, 2.05) is 66.9 Å². The molecule has 0 saturated heterocycles. The highest BCUT2D eigenvalue weighted by molar-refractivity contribution is 6.30. The molecule has 1 unspecified atom stereocenters. The summed E-state index contributed by atoms with van der Waals surface area (Å²) >= 11 is 6.33. The molecule has 0 radical (unpaired) electrons. The summed E-state index contributed by atoms with van der Waals surface area (Å²) in [6.07, 6.45) is 4.14. The Balaban J connectivity index is 1.49. The Morgan fingerprint density at radius 3 is 2.74 bits per heavy atom. The Labute approximate surface area is 230 Å². The highest BCUT2D eigenvalue weighted by atomic mass is 35.5. The zero-order valence-corrected chi connectivity index (χ0v) is 22.0. The number of amides is 1. The van der Waals surface area contributed by atoms with Gasteiger partial charge >= 0.3 is 0 Å². The number of methoxy groups -OCH3 is 1. The molecule has 2 N–H and O–H groups in total. The number of para-hydroxylation sites is 1. The highest BCUT2D eigenvalue weighted by Crippen LogP contribution is 2.30. The molecule has 7 nitrogen and oxygen atoms in total. The summed E-state index contributed by atoms with van der Waals surface area (Å²) in [6, 6.07) is 26.6. The third kappa shape index (κ3) is 5.09. The van der Waals surface area contributed by atoms with E-state index in [-0.39, 0.29) is 5.91 Å². The molecule has 0 aliphatic heterocycles. The lowest BCUT2D eigenvalue weighted by Gasteiger charge is -2.20. The van der Waals surface area contributed by atoms with E-state index >= 15 is 0 Å². The summed E-state index contributed by atoms with van der Waals surface area (Å²) in [5, 5.41) is 4.99. The Hall–Kier alpha value is -4.62. The number of hydrogen-bond donors (Lipinski definition) is 2. The zero-order valence-electron chi connectivity index (χ0n) is 21.3. The Kier molecular flexibility index (Phi) is 6.73. The van der Waals surface area contributed by atoms with Crippen molar-refractivity contribution in [1.82, 2.24) is 24.8 Å². The molecule has 0 bridgehead atoms. The number of aromatic nitrogens is 4. The van der Waals surface area contributed by atoms with Crippen molar-refractivity contribution >= 4 is 39.4 Å². The van der Waals surface area contributed by atoms with Crippen LogP contribution in [0.3, 0.4) is 0 Å². The van der Waals surface area contributed by atoms with Gasteiger partial charge in [0.05, 0.1) is 24.2 Å². The molecule has 194 valence electrons. The molecule has 0 aliphatic rings. The largest absolute Gasteiger partial charge is 0.497 e. The zero-order chi connectivity index (χ0) is 26.8. The average Bonchev–Trinajstić information content (AvgIpc) is 3.54. The van der Waals surface area contributed by atoms with Crippen molar-refractivity contribution in [2.45, 2.75) is 19.0 Å². The van der Waals surface area contributed by atoms with E-state index in [0.717, 1.165) is 44.6 Å². The summed E-state index contributed by atoms with van der Waals surface area (Å²) in [4.78, 5) is 26.0. The number of hydrogen-bond acceptors (Lipinski definition) is 4. The molecule has 6 aromatic rings. The van der Waals surface area contributed by atoms with Crippen molar-refractivity contribution in [3.8, 4) is 5.75 Å². The number of ether oxygens (including phenoxy) is 1. The molecule has 0 saturated carbocycles. The number of imidazole rings is 1. The summed E-state index contributed by atoms with van der Waals surface area (Å²) in [7, 11) is 1.65. The van der Waals surface area contributed by atoms with Crippen LogP contribution in [0.25, 0.3) is 21.9 Å². The number of H-pyrrole nitrogens is 1. The molecule has 6 rings (SSSR count). The highest BCUT2D eigenvalue weighted by Gasteiger charge is 2.25. The first-order valence-electron chi connectivity index (χ1n) is 12.6. The van der Waals surface area contributed by atoms with Crippen LogP contribution in [0.2, 0.25) is 5.02 Å². The molecule has 1 atom stereocenters. The maximum absolute atomic E-state index is 13.4. The lowest BCUT2D eigenvalue weighted by Crippen LogP contribution is -2.32. The number of carbonyl (C=O) groups is 1. The predicted molar refractivity (Wildman–Crippen MR) is 153 cm³/mol. The minimum atomic E-state index is -0.448. The maximum Gasteiger partial charge on any atom is 0.270 e. The van der Waals surface area contributed by atoms with Crippen LogP contribution in [0, 0.1) is 0 Å². The van der Waals surface area contributed by atoms with Gasteiger partial charge in [0, 0.05) is 47.4 Å². The van der Waals surface area contributed by atoms with E-state index in [9.17, 15) is 4.79 Å². The number of aromatic amines is 1. The lowest BCUT2D eigenvalue weighted by atomic mass is 10.0. The fraction of sp³-hybridized carbons (Fsp3) is 0.129. The van der Waals surface area contributed by atoms with Gasteiger partial charge in [0.2, 0.25) is 0 Å². The minimum Gasteiger partial charge on any atom is -0.497 e. The topological polar surface area (TPSA) is 84.8 Å². The minimum absolute atomic E-state index is 0.264. The van der Waals surface area contributed by atoms with E-state index in [1.54, 1.807) is 31.5 Å². The van der Waals surface area contributed by atoms with E-state index in [2.05, 4.69) is 25.9 Å². The van der Waals surface area contributed by atoms with Crippen LogP contribution >= 0.6 is 11.6 Å². The van der Waals surface area contributed by atoms with Crippen molar-refractivity contribution < 1.29 is 9.53 Å². The van der Waals surface area contributed by atoms with Gasteiger partial charge in [-0.1, -0.05) is 48.0 Å². The number of nitrogens with one attached hydrogen (secondary N) is 2. The maximum atomic E-state index is 13.4. The summed E-state index contributed by atoms with van der Waals surface area (Å²) < 4.78 is 7.65. The first-order valence-corrected chi connectivity index (χ1v) is 13.0. The molecule has 8 heteroatoms. The first kappa shape index (κ1) is 24.7. The van der Waals surface area contributed by atoms with Gasteiger partial charge in [-0.3, -0.25) is 9.78 Å². The van der Waals surface area contributed by atoms with Crippen LogP contribution in [0.1, 0.15) is 33.5 Å². The second kappa shape index (κ2) is 10.6. The van der Waals surface area contributed by atoms with Crippen molar-refractivity contribution in [2.75, 3.05) is 7.11 Å². The van der Waals surface area contributed by atoms with Gasteiger partial charge in [-0.15, -0.1) is 0 Å². The molecule has 0 spiro atoms. The monoisotopic (exact) mass is 535 g/mol. The van der Waals surface area contributed by atoms with Crippen LogP contribution in [-0.4, -0.2) is 32.5 Å². The van der Waals surface area contributed by atoms with E-state index < -0.39 is 6.04 Å². The van der Waals surface area contributed by atoms with Crippen LogP contribution in [0.5, 0.6) is 5.75 Å². The van der Waals surface area contributed by atoms with Crippen LogP contribution in [-0.2, 0) is 13.0 Å². The third-order valence-electron chi connectivity index (χ3n) is 6.83. The van der Waals surface area contributed by atoms with Gasteiger partial charge in [-0.25, -0.2) is 4.98 Å². The number of nitrogens with zero attached hydrogens (tertiary/aromatic N) is 3. The standard InChI is InChI=1S/C31H26ClN5O2/c1-39-23-12-13-26-29(17-23)37(19-20-7-6-8-22(32)15-20)30(35-26)28(36-31(38)27-11-4-5-14-33-27)16-21-18-34-25-10-3-2-9-24(21)25/h2-15,17-18,28,34H,16,19H2,1H3,(H,36,38). The molecule has 0 fully saturated rings. The molecular weight excluding hydrogens is 510 g/mol. The SMILES string of the molecule is COc1ccc2nc(C(Cc3c[nH]c4ccccc34)NC(=O)c3ccccn3)n(Cc3cccc(Cl)c3)c2c1. The van der Waals surface area contributed by atoms with E-state index in [0.29, 0.717) is 23.7 Å². The number of benzene rings is 3. The fourth-order valence-corrected chi connectivity index (χ4v) is 5.17. The molecule has 3 aromatic heterocycles. The summed E-state index contributed by atoms with van der Waals surface area (Å²) in [5.41, 5.74) is 5.20. The fourth-order valence-electron chi connectivity index (χ4n) is 4.95. The molecule has 3 aromatic carbocycles. The molecule has 0 aliphatic carbocycles. The van der Waals surface area contributed by atoms with E-state index in [4.69, 9.17) is 21.3 Å². The third-order valence-corrected chi connectivity index (χ3v) is 7.06. The van der Waals surface area contributed by atoms with E-state index in [1.165, 1.54) is 0 Å². The van der Waals surface area contributed by atoms with Crippen molar-refractivity contribution in [3.63, 3.8) is 0 Å². The number of carbonyl (C=O) groups excluding carboxylic acids is 1. The van der Waals surface area contributed by atoms with Crippen molar-refractivity contribution in [3.05, 3.63) is 125 Å². The molecule has 39 heavy (non-hydrogen) atoms. The van der Waals surface area contributed by atoms with Gasteiger partial charge < -0.3 is 19.6 Å². The second-order valence-electron chi connectivity index (χ2n) is 9.35. The Morgan fingerprint density at radius 2 is 1.92 bits per heavy atom. The quantitative estimate of drug-likeness (QED) is 0.238. The number of pyridine rings is 1. The lowest BCUT2D eigenvalue weighted by molar-refractivity contribution is 0.0929. The summed E-state index contributed by atoms with van der Waals surface area (Å²) in [6.45, 7) is 0.517. The van der Waals surface area contributed by atoms with Gasteiger partial charge in [0.25, 0.3) is 5.91 Å². The number of fused-ring (bicyclic) bond motifs is 2. The number of rotatable bonds is 8. The normalized spacial score (nSPS) is 12.1. The second-order valence-corrected chi connectivity index (χ2v) is 9.78.